The molecule has 0 aliphatic carbocycles. The van der Waals surface area contributed by atoms with Crippen LogP contribution in [0.25, 0.3) is 11.3 Å². The first kappa shape index (κ1) is 12.6. The van der Waals surface area contributed by atoms with Crippen LogP contribution < -0.4 is 10.1 Å². The molecule has 1 aromatic heterocycles. The molecule has 1 N–H and O–H groups in total. The first-order chi connectivity index (χ1) is 9.38. The standard InChI is InChI=1S/C15H18N2OS/c1-18-14-8-3-2-6-11(14)13-10-19-15(17-13)12-7-4-5-9-16-12/h2-3,6,8,10,12,16H,4-5,7,9H2,1H3. The van der Waals surface area contributed by atoms with E-state index in [1.165, 1.54) is 24.3 Å². The van der Waals surface area contributed by atoms with Crippen molar-refractivity contribution >= 4 is 11.3 Å². The third-order valence-electron chi connectivity index (χ3n) is 3.51. The highest BCUT2D eigenvalue weighted by atomic mass is 32.1. The lowest BCUT2D eigenvalue weighted by molar-refractivity contribution is 0.410. The fourth-order valence-electron chi connectivity index (χ4n) is 2.49. The number of nitrogens with one attached hydrogen (secondary N) is 1. The second-order valence-electron chi connectivity index (χ2n) is 4.77. The van der Waals surface area contributed by atoms with E-state index in [1.807, 2.05) is 18.2 Å². The number of hydrogen-bond donors (Lipinski definition) is 1. The molecule has 2 heterocycles. The molecule has 1 aliphatic rings. The number of nitrogens with zero attached hydrogens (tertiary/aromatic N) is 1. The van der Waals surface area contributed by atoms with Crippen LogP contribution >= 0.6 is 11.3 Å². The molecule has 1 aliphatic heterocycles. The van der Waals surface area contributed by atoms with Crippen molar-refractivity contribution in [3.8, 4) is 17.0 Å². The van der Waals surface area contributed by atoms with Crippen molar-refractivity contribution in [2.75, 3.05) is 13.7 Å². The summed E-state index contributed by atoms with van der Waals surface area (Å²) in [5, 5.41) is 6.87. The molecule has 1 fully saturated rings. The summed E-state index contributed by atoms with van der Waals surface area (Å²) in [6.45, 7) is 1.11. The first-order valence-corrected chi connectivity index (χ1v) is 7.58. The van der Waals surface area contributed by atoms with Crippen LogP contribution in [0.3, 0.4) is 0 Å². The van der Waals surface area contributed by atoms with Crippen LogP contribution in [0.15, 0.2) is 29.6 Å². The minimum Gasteiger partial charge on any atom is -0.496 e. The Bertz CT molecular complexity index is 547. The zero-order valence-electron chi connectivity index (χ0n) is 11.1. The summed E-state index contributed by atoms with van der Waals surface area (Å²) < 4.78 is 5.40. The van der Waals surface area contributed by atoms with Gasteiger partial charge in [0.1, 0.15) is 10.8 Å². The molecule has 0 amide bonds. The highest BCUT2D eigenvalue weighted by molar-refractivity contribution is 7.10. The lowest BCUT2D eigenvalue weighted by Gasteiger charge is -2.21. The summed E-state index contributed by atoms with van der Waals surface area (Å²) in [6.07, 6.45) is 3.77. The minimum absolute atomic E-state index is 0.433. The Morgan fingerprint density at radius 1 is 1.32 bits per heavy atom. The monoisotopic (exact) mass is 274 g/mol. The van der Waals surface area contributed by atoms with Crippen molar-refractivity contribution < 1.29 is 4.74 Å². The van der Waals surface area contributed by atoms with Crippen LogP contribution in [0.1, 0.15) is 30.3 Å². The smallest absolute Gasteiger partial charge is 0.128 e. The van der Waals surface area contributed by atoms with Crippen LogP contribution in [0.5, 0.6) is 5.75 Å². The maximum absolute atomic E-state index is 5.40. The molecule has 19 heavy (non-hydrogen) atoms. The maximum atomic E-state index is 5.40. The number of hydrogen-bond acceptors (Lipinski definition) is 4. The van der Waals surface area contributed by atoms with E-state index in [-0.39, 0.29) is 0 Å². The van der Waals surface area contributed by atoms with E-state index in [4.69, 9.17) is 9.72 Å². The number of piperidine rings is 1. The van der Waals surface area contributed by atoms with Crippen molar-refractivity contribution in [2.24, 2.45) is 0 Å². The van der Waals surface area contributed by atoms with Crippen LogP contribution in [0.4, 0.5) is 0 Å². The molecular weight excluding hydrogens is 256 g/mol. The lowest BCUT2D eigenvalue weighted by atomic mass is 10.1. The Hall–Kier alpha value is -1.39. The SMILES string of the molecule is COc1ccccc1-c1csc(C2CCCCN2)n1. The Labute approximate surface area is 117 Å². The van der Waals surface area contributed by atoms with Crippen LogP contribution in [0.2, 0.25) is 0 Å². The summed E-state index contributed by atoms with van der Waals surface area (Å²) in [7, 11) is 1.70. The molecule has 0 radical (unpaired) electrons. The molecule has 1 saturated heterocycles. The van der Waals surface area contributed by atoms with Gasteiger partial charge in [-0.25, -0.2) is 4.98 Å². The van der Waals surface area contributed by atoms with E-state index < -0.39 is 0 Å². The normalized spacial score (nSPS) is 19.3. The van der Waals surface area contributed by atoms with Gasteiger partial charge >= 0.3 is 0 Å². The molecule has 100 valence electrons. The molecule has 0 spiro atoms. The van der Waals surface area contributed by atoms with Gasteiger partial charge in [0.2, 0.25) is 0 Å². The fraction of sp³-hybridized carbons (Fsp3) is 0.400. The summed E-state index contributed by atoms with van der Waals surface area (Å²) >= 11 is 1.74. The third kappa shape index (κ3) is 2.65. The van der Waals surface area contributed by atoms with Gasteiger partial charge in [-0.2, -0.15) is 0 Å². The number of methoxy groups -OCH3 is 1. The Balaban J connectivity index is 1.88. The lowest BCUT2D eigenvalue weighted by Crippen LogP contribution is -2.26. The van der Waals surface area contributed by atoms with Gasteiger partial charge in [-0.3, -0.25) is 0 Å². The van der Waals surface area contributed by atoms with E-state index in [0.29, 0.717) is 6.04 Å². The molecule has 1 aromatic carbocycles. The minimum atomic E-state index is 0.433. The van der Waals surface area contributed by atoms with E-state index in [9.17, 15) is 0 Å². The van der Waals surface area contributed by atoms with Gasteiger partial charge in [-0.1, -0.05) is 18.6 Å². The van der Waals surface area contributed by atoms with E-state index in [2.05, 4.69) is 16.8 Å². The number of thiazole rings is 1. The summed E-state index contributed by atoms with van der Waals surface area (Å²) in [5.74, 6) is 0.885. The van der Waals surface area contributed by atoms with Gasteiger partial charge in [-0.15, -0.1) is 11.3 Å². The number of para-hydroxylation sites is 1. The number of ether oxygens (including phenoxy) is 1. The molecule has 3 rings (SSSR count). The van der Waals surface area contributed by atoms with Crippen LogP contribution in [0, 0.1) is 0 Å². The molecule has 1 atom stereocenters. The number of aromatic nitrogens is 1. The third-order valence-corrected chi connectivity index (χ3v) is 4.47. The van der Waals surface area contributed by atoms with Crippen molar-refractivity contribution in [3.05, 3.63) is 34.7 Å². The average Bonchev–Trinajstić information content (AvgIpc) is 2.98. The quantitative estimate of drug-likeness (QED) is 0.928. The van der Waals surface area contributed by atoms with E-state index in [0.717, 1.165) is 23.6 Å². The second-order valence-corrected chi connectivity index (χ2v) is 5.66. The highest BCUT2D eigenvalue weighted by Crippen LogP contribution is 2.33. The molecule has 0 saturated carbocycles. The molecule has 3 nitrogen and oxygen atoms in total. The van der Waals surface area contributed by atoms with Gasteiger partial charge in [0.05, 0.1) is 18.8 Å². The van der Waals surface area contributed by atoms with Gasteiger partial charge in [0.25, 0.3) is 0 Å². The number of rotatable bonds is 3. The zero-order valence-corrected chi connectivity index (χ0v) is 11.9. The van der Waals surface area contributed by atoms with Crippen LogP contribution in [-0.4, -0.2) is 18.6 Å². The maximum Gasteiger partial charge on any atom is 0.128 e. The van der Waals surface area contributed by atoms with Gasteiger partial charge in [0, 0.05) is 10.9 Å². The van der Waals surface area contributed by atoms with Crippen LogP contribution in [-0.2, 0) is 0 Å². The van der Waals surface area contributed by atoms with E-state index >= 15 is 0 Å². The predicted molar refractivity (Wildman–Crippen MR) is 78.7 cm³/mol. The zero-order chi connectivity index (χ0) is 13.1. The summed E-state index contributed by atoms with van der Waals surface area (Å²) in [5.41, 5.74) is 2.09. The summed E-state index contributed by atoms with van der Waals surface area (Å²) in [6, 6.07) is 8.48. The molecule has 4 heteroatoms. The Kier molecular flexibility index (Phi) is 3.80. The topological polar surface area (TPSA) is 34.1 Å². The van der Waals surface area contributed by atoms with Crippen molar-refractivity contribution in [1.29, 1.82) is 0 Å². The molecule has 0 bridgehead atoms. The van der Waals surface area contributed by atoms with Gasteiger partial charge < -0.3 is 10.1 Å². The van der Waals surface area contributed by atoms with E-state index in [1.54, 1.807) is 18.4 Å². The van der Waals surface area contributed by atoms with Crippen molar-refractivity contribution in [3.63, 3.8) is 0 Å². The first-order valence-electron chi connectivity index (χ1n) is 6.70. The Morgan fingerprint density at radius 2 is 2.21 bits per heavy atom. The fourth-order valence-corrected chi connectivity index (χ4v) is 3.42. The number of benzene rings is 1. The Morgan fingerprint density at radius 3 is 3.00 bits per heavy atom. The van der Waals surface area contributed by atoms with Crippen molar-refractivity contribution in [1.82, 2.24) is 10.3 Å². The highest BCUT2D eigenvalue weighted by Gasteiger charge is 2.19. The van der Waals surface area contributed by atoms with Crippen molar-refractivity contribution in [2.45, 2.75) is 25.3 Å². The summed E-state index contributed by atoms with van der Waals surface area (Å²) in [4.78, 5) is 4.79. The van der Waals surface area contributed by atoms with Gasteiger partial charge in [0.15, 0.2) is 0 Å². The largest absolute Gasteiger partial charge is 0.496 e. The second kappa shape index (κ2) is 5.72. The molecular formula is C15H18N2OS. The predicted octanol–water partition coefficient (Wildman–Crippen LogP) is 3.63. The molecule has 2 aromatic rings. The van der Waals surface area contributed by atoms with Gasteiger partial charge in [-0.05, 0) is 31.5 Å². The average molecular weight is 274 g/mol. The molecule has 1 unspecified atom stereocenters.